The lowest BCUT2D eigenvalue weighted by molar-refractivity contribution is 0.249. The molecule has 0 aliphatic carbocycles. The molecule has 8 heteroatoms. The fourth-order valence-corrected chi connectivity index (χ4v) is 3.14. The van der Waals surface area contributed by atoms with E-state index in [1.54, 1.807) is 0 Å². The fourth-order valence-electron chi connectivity index (χ4n) is 2.00. The summed E-state index contributed by atoms with van der Waals surface area (Å²) >= 11 is 3.44. The minimum atomic E-state index is -3.74. The van der Waals surface area contributed by atoms with Crippen molar-refractivity contribution in [2.75, 3.05) is 5.32 Å². The van der Waals surface area contributed by atoms with Crippen LogP contribution in [0.4, 0.5) is 10.5 Å². The Morgan fingerprint density at radius 2 is 1.74 bits per heavy atom. The highest BCUT2D eigenvalue weighted by molar-refractivity contribution is 9.10. The number of carbonyl (C=O) groups is 1. The molecule has 0 fully saturated rings. The van der Waals surface area contributed by atoms with Crippen molar-refractivity contribution in [3.05, 3.63) is 58.6 Å². The summed E-state index contributed by atoms with van der Waals surface area (Å²) < 4.78 is 23.3. The second-order valence-corrected chi connectivity index (χ2v) is 7.33. The molecule has 0 aliphatic heterocycles. The largest absolute Gasteiger partial charge is 0.331 e. The molecule has 2 aromatic rings. The summed E-state index contributed by atoms with van der Waals surface area (Å²) in [5, 5.41) is 10.5. The van der Waals surface area contributed by atoms with E-state index in [2.05, 4.69) is 26.6 Å². The van der Waals surface area contributed by atoms with Gasteiger partial charge in [-0.05, 0) is 42.8 Å². The average molecular weight is 398 g/mol. The Kier molecular flexibility index (Phi) is 5.40. The lowest BCUT2D eigenvalue weighted by Gasteiger charge is -2.16. The molecule has 0 bridgehead atoms. The van der Waals surface area contributed by atoms with Crippen molar-refractivity contribution < 1.29 is 13.2 Å². The topological polar surface area (TPSA) is 101 Å². The van der Waals surface area contributed by atoms with Gasteiger partial charge in [0.2, 0.25) is 10.0 Å². The molecule has 1 unspecified atom stereocenters. The van der Waals surface area contributed by atoms with Crippen LogP contribution in [-0.2, 0) is 10.0 Å². The number of rotatable bonds is 4. The number of hydrogen-bond acceptors (Lipinski definition) is 3. The molecule has 23 heavy (non-hydrogen) atoms. The van der Waals surface area contributed by atoms with Crippen LogP contribution >= 0.6 is 15.9 Å². The molecule has 0 saturated heterocycles. The molecule has 2 rings (SSSR count). The van der Waals surface area contributed by atoms with Crippen molar-refractivity contribution in [2.24, 2.45) is 5.14 Å². The second-order valence-electron chi connectivity index (χ2n) is 4.91. The van der Waals surface area contributed by atoms with Crippen LogP contribution in [0.25, 0.3) is 0 Å². The van der Waals surface area contributed by atoms with Gasteiger partial charge in [-0.25, -0.2) is 18.4 Å². The van der Waals surface area contributed by atoms with Crippen molar-refractivity contribution >= 4 is 37.7 Å². The lowest BCUT2D eigenvalue weighted by atomic mass is 10.1. The molecule has 0 saturated carbocycles. The Balaban J connectivity index is 2.01. The fraction of sp³-hybridized carbons (Fsp3) is 0.133. The van der Waals surface area contributed by atoms with E-state index in [0.29, 0.717) is 5.69 Å². The van der Waals surface area contributed by atoms with Gasteiger partial charge in [0.05, 0.1) is 10.9 Å². The van der Waals surface area contributed by atoms with E-state index >= 15 is 0 Å². The van der Waals surface area contributed by atoms with E-state index < -0.39 is 16.1 Å². The standard InChI is InChI=1S/C15H16BrN3O3S/c1-10(13-4-2-3-5-14(13)16)18-15(20)19-11-6-8-12(9-7-11)23(17,21)22/h2-10H,1H3,(H2,17,21,22)(H2,18,19,20). The minimum absolute atomic E-state index is 0.00922. The van der Waals surface area contributed by atoms with Crippen LogP contribution in [0.1, 0.15) is 18.5 Å². The van der Waals surface area contributed by atoms with Gasteiger partial charge in [0.25, 0.3) is 0 Å². The Bertz CT molecular complexity index is 807. The summed E-state index contributed by atoms with van der Waals surface area (Å²) in [6.07, 6.45) is 0. The molecule has 0 spiro atoms. The monoisotopic (exact) mass is 397 g/mol. The van der Waals surface area contributed by atoms with Gasteiger partial charge in [0.15, 0.2) is 0 Å². The third kappa shape index (κ3) is 4.78. The molecule has 0 heterocycles. The number of benzene rings is 2. The first-order chi connectivity index (χ1) is 10.8. The van der Waals surface area contributed by atoms with Gasteiger partial charge in [0, 0.05) is 10.2 Å². The molecule has 0 radical (unpaired) electrons. The minimum Gasteiger partial charge on any atom is -0.331 e. The maximum atomic E-state index is 12.0. The maximum absolute atomic E-state index is 12.0. The molecule has 0 aliphatic rings. The van der Waals surface area contributed by atoms with E-state index in [1.807, 2.05) is 31.2 Å². The van der Waals surface area contributed by atoms with Crippen LogP contribution in [-0.4, -0.2) is 14.4 Å². The first-order valence-corrected chi connectivity index (χ1v) is 9.06. The predicted molar refractivity (Wildman–Crippen MR) is 92.5 cm³/mol. The third-order valence-corrected chi connectivity index (χ3v) is 4.81. The van der Waals surface area contributed by atoms with Gasteiger partial charge in [-0.1, -0.05) is 34.1 Å². The number of halogens is 1. The molecule has 2 aromatic carbocycles. The normalized spacial score (nSPS) is 12.5. The highest BCUT2D eigenvalue weighted by atomic mass is 79.9. The van der Waals surface area contributed by atoms with E-state index in [9.17, 15) is 13.2 Å². The highest BCUT2D eigenvalue weighted by Gasteiger charge is 2.12. The second kappa shape index (κ2) is 7.12. The summed E-state index contributed by atoms with van der Waals surface area (Å²) in [7, 11) is -3.74. The van der Waals surface area contributed by atoms with Gasteiger partial charge >= 0.3 is 6.03 Å². The van der Waals surface area contributed by atoms with Crippen molar-refractivity contribution in [3.8, 4) is 0 Å². The maximum Gasteiger partial charge on any atom is 0.319 e. The molecule has 0 aromatic heterocycles. The number of primary sulfonamides is 1. The Morgan fingerprint density at radius 3 is 2.30 bits per heavy atom. The number of amides is 2. The zero-order valence-corrected chi connectivity index (χ0v) is 14.7. The van der Waals surface area contributed by atoms with E-state index in [1.165, 1.54) is 24.3 Å². The molecule has 4 N–H and O–H groups in total. The summed E-state index contributed by atoms with van der Waals surface area (Å²) in [6.45, 7) is 1.86. The molecule has 6 nitrogen and oxygen atoms in total. The summed E-state index contributed by atoms with van der Waals surface area (Å²) in [5.74, 6) is 0. The average Bonchev–Trinajstić information content (AvgIpc) is 2.47. The zero-order valence-electron chi connectivity index (χ0n) is 12.3. The van der Waals surface area contributed by atoms with Crippen LogP contribution in [0, 0.1) is 0 Å². The predicted octanol–water partition coefficient (Wildman–Crippen LogP) is 2.98. The van der Waals surface area contributed by atoms with Gasteiger partial charge in [-0.15, -0.1) is 0 Å². The van der Waals surface area contributed by atoms with Gasteiger partial charge in [-0.3, -0.25) is 0 Å². The van der Waals surface area contributed by atoms with E-state index in [-0.39, 0.29) is 10.9 Å². The van der Waals surface area contributed by atoms with E-state index in [4.69, 9.17) is 5.14 Å². The van der Waals surface area contributed by atoms with Crippen molar-refractivity contribution in [1.29, 1.82) is 0 Å². The number of carbonyl (C=O) groups excluding carboxylic acids is 1. The first kappa shape index (κ1) is 17.5. The first-order valence-electron chi connectivity index (χ1n) is 6.72. The summed E-state index contributed by atoms with van der Waals surface area (Å²) in [4.78, 5) is 12.0. The highest BCUT2D eigenvalue weighted by Crippen LogP contribution is 2.22. The number of hydrogen-bond donors (Lipinski definition) is 3. The molecule has 1 atom stereocenters. The Hall–Kier alpha value is -1.90. The molecular weight excluding hydrogens is 382 g/mol. The van der Waals surface area contributed by atoms with Crippen LogP contribution < -0.4 is 15.8 Å². The number of urea groups is 1. The van der Waals surface area contributed by atoms with Gasteiger partial charge < -0.3 is 10.6 Å². The molecular formula is C15H16BrN3O3S. The van der Waals surface area contributed by atoms with Crippen molar-refractivity contribution in [3.63, 3.8) is 0 Å². The zero-order chi connectivity index (χ0) is 17.0. The SMILES string of the molecule is CC(NC(=O)Nc1ccc(S(N)(=O)=O)cc1)c1ccccc1Br. The quantitative estimate of drug-likeness (QED) is 0.738. The van der Waals surface area contributed by atoms with Crippen molar-refractivity contribution in [2.45, 2.75) is 17.9 Å². The van der Waals surface area contributed by atoms with Gasteiger partial charge in [0.1, 0.15) is 0 Å². The van der Waals surface area contributed by atoms with Crippen LogP contribution in [0.3, 0.4) is 0 Å². The number of nitrogens with two attached hydrogens (primary N) is 1. The number of anilines is 1. The smallest absolute Gasteiger partial charge is 0.319 e. The van der Waals surface area contributed by atoms with Crippen molar-refractivity contribution in [1.82, 2.24) is 5.32 Å². The third-order valence-electron chi connectivity index (χ3n) is 3.16. The Morgan fingerprint density at radius 1 is 1.13 bits per heavy atom. The van der Waals surface area contributed by atoms with E-state index in [0.717, 1.165) is 10.0 Å². The number of nitrogens with one attached hydrogen (secondary N) is 2. The van der Waals surface area contributed by atoms with Crippen LogP contribution in [0.2, 0.25) is 0 Å². The Labute approximate surface area is 143 Å². The van der Waals surface area contributed by atoms with Crippen LogP contribution in [0.15, 0.2) is 57.9 Å². The number of sulfonamides is 1. The van der Waals surface area contributed by atoms with Crippen LogP contribution in [0.5, 0.6) is 0 Å². The summed E-state index contributed by atoms with van der Waals surface area (Å²) in [6, 6.07) is 12.6. The lowest BCUT2D eigenvalue weighted by Crippen LogP contribution is -2.31. The summed E-state index contributed by atoms with van der Waals surface area (Å²) in [5.41, 5.74) is 1.42. The molecule has 122 valence electrons. The van der Waals surface area contributed by atoms with Gasteiger partial charge in [-0.2, -0.15) is 0 Å². The molecule has 2 amide bonds.